The molecule has 0 aliphatic carbocycles. The van der Waals surface area contributed by atoms with Crippen molar-refractivity contribution in [2.45, 2.75) is 18.9 Å². The van der Waals surface area contributed by atoms with Gasteiger partial charge in [-0.1, -0.05) is 11.6 Å². The lowest BCUT2D eigenvalue weighted by Crippen LogP contribution is -2.44. The largest absolute Gasteiger partial charge is 0.394 e. The molecular formula is C13H21Cl2N3O2. The van der Waals surface area contributed by atoms with Crippen molar-refractivity contribution in [2.24, 2.45) is 0 Å². The van der Waals surface area contributed by atoms with E-state index in [2.05, 4.69) is 15.2 Å². The van der Waals surface area contributed by atoms with Gasteiger partial charge in [0.2, 0.25) is 0 Å². The molecule has 1 aromatic heterocycles. The molecule has 1 fully saturated rings. The van der Waals surface area contributed by atoms with E-state index in [1.54, 1.807) is 6.20 Å². The zero-order chi connectivity index (χ0) is 13.7. The van der Waals surface area contributed by atoms with Crippen molar-refractivity contribution in [1.82, 2.24) is 10.3 Å². The molecule has 3 N–H and O–H groups in total. The number of aliphatic hydroxyl groups excluding tert-OH is 2. The van der Waals surface area contributed by atoms with Gasteiger partial charge >= 0.3 is 0 Å². The highest BCUT2D eigenvalue weighted by molar-refractivity contribution is 6.33. The Hall–Kier alpha value is -0.590. The summed E-state index contributed by atoms with van der Waals surface area (Å²) in [4.78, 5) is 6.60. The van der Waals surface area contributed by atoms with Gasteiger partial charge in [-0.05, 0) is 24.5 Å². The lowest BCUT2D eigenvalue weighted by molar-refractivity contribution is 0.0885. The minimum atomic E-state index is -0.674. The first-order valence-corrected chi connectivity index (χ1v) is 6.97. The van der Waals surface area contributed by atoms with E-state index in [4.69, 9.17) is 16.7 Å². The van der Waals surface area contributed by atoms with Gasteiger partial charge < -0.3 is 20.4 Å². The Morgan fingerprint density at radius 1 is 1.40 bits per heavy atom. The molecule has 0 unspecified atom stereocenters. The fourth-order valence-corrected chi connectivity index (χ4v) is 2.45. The number of halogens is 2. The van der Waals surface area contributed by atoms with Crippen molar-refractivity contribution >= 4 is 29.8 Å². The molecule has 2 heterocycles. The summed E-state index contributed by atoms with van der Waals surface area (Å²) < 4.78 is 0. The quantitative estimate of drug-likeness (QED) is 0.750. The van der Waals surface area contributed by atoms with E-state index in [0.717, 1.165) is 37.6 Å². The van der Waals surface area contributed by atoms with Crippen LogP contribution in [0.15, 0.2) is 12.3 Å². The second kappa shape index (κ2) is 8.64. The van der Waals surface area contributed by atoms with Gasteiger partial charge in [-0.3, -0.25) is 0 Å². The molecule has 114 valence electrons. The normalized spacial score (nSPS) is 16.6. The number of aliphatic hydroxyl groups is 2. The molecule has 20 heavy (non-hydrogen) atoms. The van der Waals surface area contributed by atoms with Gasteiger partial charge in [-0.2, -0.15) is 0 Å². The fourth-order valence-electron chi connectivity index (χ4n) is 2.14. The van der Waals surface area contributed by atoms with Gasteiger partial charge in [-0.25, -0.2) is 4.98 Å². The van der Waals surface area contributed by atoms with Crippen LogP contribution in [0, 0.1) is 0 Å². The molecule has 0 radical (unpaired) electrons. The second-order valence-corrected chi connectivity index (χ2v) is 5.17. The Kier molecular flexibility index (Phi) is 7.55. The standard InChI is InChI=1S/C13H20ClN3O2.ClH/c14-12-7-10(1-2-11(19)9-18)8-16-13(12)17-5-3-15-4-6-17;/h7-8,11,15,18-19H,1-6,9H2;1H/t11-;/m0./s1. The zero-order valence-electron chi connectivity index (χ0n) is 11.3. The number of pyridine rings is 1. The van der Waals surface area contributed by atoms with Crippen LogP contribution in [0.4, 0.5) is 5.82 Å². The maximum atomic E-state index is 9.33. The summed E-state index contributed by atoms with van der Waals surface area (Å²) in [5.41, 5.74) is 0.983. The third-order valence-corrected chi connectivity index (χ3v) is 3.55. The summed E-state index contributed by atoms with van der Waals surface area (Å²) in [6, 6.07) is 1.90. The van der Waals surface area contributed by atoms with E-state index >= 15 is 0 Å². The molecule has 1 aromatic rings. The molecule has 1 aliphatic rings. The van der Waals surface area contributed by atoms with E-state index in [-0.39, 0.29) is 19.0 Å². The van der Waals surface area contributed by atoms with E-state index in [1.807, 2.05) is 6.07 Å². The number of piperazine rings is 1. The summed E-state index contributed by atoms with van der Waals surface area (Å²) in [7, 11) is 0. The van der Waals surface area contributed by atoms with Crippen LogP contribution < -0.4 is 10.2 Å². The molecule has 2 rings (SSSR count). The topological polar surface area (TPSA) is 68.6 Å². The number of nitrogens with one attached hydrogen (secondary N) is 1. The summed E-state index contributed by atoms with van der Waals surface area (Å²) in [5, 5.41) is 22.0. The first-order chi connectivity index (χ1) is 9.20. The molecule has 7 heteroatoms. The molecule has 0 bridgehead atoms. The van der Waals surface area contributed by atoms with Crippen molar-refractivity contribution in [3.05, 3.63) is 22.8 Å². The molecule has 1 aliphatic heterocycles. The van der Waals surface area contributed by atoms with Crippen molar-refractivity contribution in [2.75, 3.05) is 37.7 Å². The highest BCUT2D eigenvalue weighted by Gasteiger charge is 2.15. The average molecular weight is 322 g/mol. The summed E-state index contributed by atoms with van der Waals surface area (Å²) in [5.74, 6) is 0.828. The Morgan fingerprint density at radius 3 is 2.70 bits per heavy atom. The molecule has 0 aromatic carbocycles. The number of aromatic nitrogens is 1. The summed E-state index contributed by atoms with van der Waals surface area (Å²) in [6.45, 7) is 3.51. The molecule has 1 saturated heterocycles. The minimum Gasteiger partial charge on any atom is -0.394 e. The molecule has 0 spiro atoms. The predicted octanol–water partition coefficient (Wildman–Crippen LogP) is 0.852. The second-order valence-electron chi connectivity index (χ2n) is 4.76. The average Bonchev–Trinajstić information content (AvgIpc) is 2.45. The van der Waals surface area contributed by atoms with Crippen molar-refractivity contribution in [3.8, 4) is 0 Å². The monoisotopic (exact) mass is 321 g/mol. The van der Waals surface area contributed by atoms with Crippen LogP contribution in [0.1, 0.15) is 12.0 Å². The third-order valence-electron chi connectivity index (χ3n) is 3.27. The lowest BCUT2D eigenvalue weighted by Gasteiger charge is -2.29. The molecule has 1 atom stereocenters. The van der Waals surface area contributed by atoms with Crippen LogP contribution in [0.2, 0.25) is 5.02 Å². The van der Waals surface area contributed by atoms with Crippen LogP contribution in [0.5, 0.6) is 0 Å². The first kappa shape index (κ1) is 17.5. The van der Waals surface area contributed by atoms with E-state index < -0.39 is 6.10 Å². The van der Waals surface area contributed by atoms with Gasteiger partial charge in [0.15, 0.2) is 0 Å². The van der Waals surface area contributed by atoms with Crippen LogP contribution in [0.25, 0.3) is 0 Å². The Morgan fingerprint density at radius 2 is 2.10 bits per heavy atom. The van der Waals surface area contributed by atoms with Gasteiger partial charge in [0.05, 0.1) is 17.7 Å². The summed E-state index contributed by atoms with van der Waals surface area (Å²) in [6.07, 6.45) is 2.30. The van der Waals surface area contributed by atoms with Gasteiger partial charge in [-0.15, -0.1) is 12.4 Å². The van der Waals surface area contributed by atoms with Crippen LogP contribution in [-0.2, 0) is 6.42 Å². The number of nitrogens with zero attached hydrogens (tertiary/aromatic N) is 2. The first-order valence-electron chi connectivity index (χ1n) is 6.59. The number of rotatable bonds is 5. The highest BCUT2D eigenvalue weighted by atomic mass is 35.5. The maximum Gasteiger partial charge on any atom is 0.147 e. The fraction of sp³-hybridized carbons (Fsp3) is 0.615. The molecule has 0 amide bonds. The Balaban J connectivity index is 0.00000200. The maximum absolute atomic E-state index is 9.33. The van der Waals surface area contributed by atoms with Gasteiger partial charge in [0, 0.05) is 32.4 Å². The van der Waals surface area contributed by atoms with Gasteiger partial charge in [0.1, 0.15) is 5.82 Å². The smallest absolute Gasteiger partial charge is 0.147 e. The number of anilines is 1. The predicted molar refractivity (Wildman–Crippen MR) is 83.0 cm³/mol. The summed E-state index contributed by atoms with van der Waals surface area (Å²) >= 11 is 6.28. The van der Waals surface area contributed by atoms with Crippen LogP contribution >= 0.6 is 24.0 Å². The van der Waals surface area contributed by atoms with Gasteiger partial charge in [0.25, 0.3) is 0 Å². The van der Waals surface area contributed by atoms with Crippen molar-refractivity contribution in [1.29, 1.82) is 0 Å². The number of aryl methyl sites for hydroxylation is 1. The Labute approximate surface area is 130 Å². The van der Waals surface area contributed by atoms with Crippen LogP contribution in [-0.4, -0.2) is 54.1 Å². The highest BCUT2D eigenvalue weighted by Crippen LogP contribution is 2.24. The third kappa shape index (κ3) is 4.75. The Bertz CT molecular complexity index is 415. The van der Waals surface area contributed by atoms with Crippen molar-refractivity contribution in [3.63, 3.8) is 0 Å². The molecule has 5 nitrogen and oxygen atoms in total. The van der Waals surface area contributed by atoms with Crippen LogP contribution in [0.3, 0.4) is 0 Å². The van der Waals surface area contributed by atoms with E-state index in [9.17, 15) is 5.11 Å². The molecule has 0 saturated carbocycles. The minimum absolute atomic E-state index is 0. The molecular weight excluding hydrogens is 301 g/mol. The SMILES string of the molecule is Cl.OC[C@@H](O)CCc1cnc(N2CCNCC2)c(Cl)c1. The number of hydrogen-bond donors (Lipinski definition) is 3. The zero-order valence-corrected chi connectivity index (χ0v) is 12.8. The number of hydrogen-bond acceptors (Lipinski definition) is 5. The van der Waals surface area contributed by atoms with E-state index in [1.165, 1.54) is 0 Å². The van der Waals surface area contributed by atoms with E-state index in [0.29, 0.717) is 17.9 Å². The van der Waals surface area contributed by atoms with Crippen molar-refractivity contribution < 1.29 is 10.2 Å². The lowest BCUT2D eigenvalue weighted by atomic mass is 10.1.